The minimum atomic E-state index is -0.839. The normalized spacial score (nSPS) is 13.2. The van der Waals surface area contributed by atoms with Crippen molar-refractivity contribution in [2.24, 2.45) is 0 Å². The van der Waals surface area contributed by atoms with Gasteiger partial charge in [0.15, 0.2) is 0 Å². The van der Waals surface area contributed by atoms with E-state index >= 15 is 0 Å². The highest BCUT2D eigenvalue weighted by Crippen LogP contribution is 2.37. The number of hydrogen-bond donors (Lipinski definition) is 1. The lowest BCUT2D eigenvalue weighted by molar-refractivity contribution is -0.138. The molecule has 1 N–H and O–H groups in total. The van der Waals surface area contributed by atoms with E-state index in [-0.39, 0.29) is 5.41 Å². The fraction of sp³-hybridized carbons (Fsp3) is 0.500. The molecule has 0 radical (unpaired) electrons. The van der Waals surface area contributed by atoms with Crippen LogP contribution in [-0.4, -0.2) is 18.2 Å². The summed E-state index contributed by atoms with van der Waals surface area (Å²) in [5, 5.41) is 9.09. The predicted octanol–water partition coefficient (Wildman–Crippen LogP) is 3.18. The van der Waals surface area contributed by atoms with Gasteiger partial charge in [-0.1, -0.05) is 39.0 Å². The molecule has 94 valence electrons. The van der Waals surface area contributed by atoms with Gasteiger partial charge in [-0.05, 0) is 17.9 Å². The van der Waals surface area contributed by atoms with Crippen LogP contribution in [-0.2, 0) is 10.2 Å². The third-order valence-corrected chi connectivity index (χ3v) is 2.89. The van der Waals surface area contributed by atoms with Crippen molar-refractivity contribution in [2.45, 2.75) is 39.0 Å². The summed E-state index contributed by atoms with van der Waals surface area (Å²) < 4.78 is 5.41. The number of carboxylic acids is 1. The van der Waals surface area contributed by atoms with Crippen LogP contribution in [0.4, 0.5) is 0 Å². The van der Waals surface area contributed by atoms with E-state index in [1.54, 1.807) is 14.0 Å². The Morgan fingerprint density at radius 2 is 1.94 bits per heavy atom. The number of methoxy groups -OCH3 is 1. The van der Waals surface area contributed by atoms with Gasteiger partial charge in [0.25, 0.3) is 0 Å². The summed E-state index contributed by atoms with van der Waals surface area (Å²) in [6.07, 6.45) is 0. The molecule has 0 aliphatic heterocycles. The number of aliphatic carboxylic acids is 1. The van der Waals surface area contributed by atoms with E-state index in [2.05, 4.69) is 20.8 Å². The average molecular weight is 236 g/mol. The van der Waals surface area contributed by atoms with Crippen molar-refractivity contribution in [3.63, 3.8) is 0 Å². The van der Waals surface area contributed by atoms with Crippen LogP contribution in [0.15, 0.2) is 18.2 Å². The van der Waals surface area contributed by atoms with Crippen molar-refractivity contribution >= 4 is 5.97 Å². The maximum Gasteiger partial charge on any atom is 0.310 e. The number of rotatable bonds is 3. The number of ether oxygens (including phenoxy) is 1. The minimum absolute atomic E-state index is 0.0699. The fourth-order valence-corrected chi connectivity index (χ4v) is 1.85. The fourth-order valence-electron chi connectivity index (χ4n) is 1.85. The van der Waals surface area contributed by atoms with Crippen LogP contribution >= 0.6 is 0 Å². The maximum atomic E-state index is 11.1. The first kappa shape index (κ1) is 13.6. The molecule has 0 spiro atoms. The van der Waals surface area contributed by atoms with Gasteiger partial charge in [-0.3, -0.25) is 4.79 Å². The zero-order chi connectivity index (χ0) is 13.2. The van der Waals surface area contributed by atoms with E-state index in [1.807, 2.05) is 18.2 Å². The van der Waals surface area contributed by atoms with Gasteiger partial charge >= 0.3 is 5.97 Å². The van der Waals surface area contributed by atoms with Gasteiger partial charge in [-0.2, -0.15) is 0 Å². The summed E-state index contributed by atoms with van der Waals surface area (Å²) in [6.45, 7) is 7.92. The van der Waals surface area contributed by atoms with Gasteiger partial charge in [0.2, 0.25) is 0 Å². The molecular formula is C14H20O3. The Kier molecular flexibility index (Phi) is 3.81. The number of benzene rings is 1. The van der Waals surface area contributed by atoms with Crippen LogP contribution in [0.2, 0.25) is 0 Å². The zero-order valence-corrected chi connectivity index (χ0v) is 11.1. The van der Waals surface area contributed by atoms with E-state index in [0.29, 0.717) is 5.75 Å². The van der Waals surface area contributed by atoms with Crippen molar-refractivity contribution in [2.75, 3.05) is 7.11 Å². The molecule has 1 rings (SSSR count). The quantitative estimate of drug-likeness (QED) is 0.876. The van der Waals surface area contributed by atoms with Crippen LogP contribution < -0.4 is 4.74 Å². The van der Waals surface area contributed by atoms with Crippen molar-refractivity contribution in [1.29, 1.82) is 0 Å². The van der Waals surface area contributed by atoms with E-state index in [9.17, 15) is 4.79 Å². The molecule has 0 heterocycles. The molecule has 0 aliphatic carbocycles. The Labute approximate surface area is 102 Å². The topological polar surface area (TPSA) is 46.5 Å². The molecule has 17 heavy (non-hydrogen) atoms. The molecule has 3 heteroatoms. The Hall–Kier alpha value is -1.51. The average Bonchev–Trinajstić information content (AvgIpc) is 2.25. The molecule has 0 bridgehead atoms. The van der Waals surface area contributed by atoms with Gasteiger partial charge in [-0.25, -0.2) is 0 Å². The van der Waals surface area contributed by atoms with Crippen molar-refractivity contribution in [1.82, 2.24) is 0 Å². The van der Waals surface area contributed by atoms with Crippen LogP contribution in [0.25, 0.3) is 0 Å². The summed E-state index contributed by atoms with van der Waals surface area (Å²) in [7, 11) is 1.59. The highest BCUT2D eigenvalue weighted by atomic mass is 16.5. The zero-order valence-electron chi connectivity index (χ0n) is 11.1. The van der Waals surface area contributed by atoms with E-state index in [4.69, 9.17) is 9.84 Å². The maximum absolute atomic E-state index is 11.1. The molecule has 0 aromatic heterocycles. The monoisotopic (exact) mass is 236 g/mol. The largest absolute Gasteiger partial charge is 0.496 e. The Bertz CT molecular complexity index is 416. The number of hydrogen-bond acceptors (Lipinski definition) is 2. The smallest absolute Gasteiger partial charge is 0.310 e. The summed E-state index contributed by atoms with van der Waals surface area (Å²) in [4.78, 5) is 11.1. The molecule has 0 saturated carbocycles. The summed E-state index contributed by atoms with van der Waals surface area (Å²) in [6, 6.07) is 5.68. The first-order valence-corrected chi connectivity index (χ1v) is 5.69. The molecule has 1 unspecified atom stereocenters. The second kappa shape index (κ2) is 4.78. The van der Waals surface area contributed by atoms with E-state index in [0.717, 1.165) is 11.1 Å². The Balaban J connectivity index is 3.39. The van der Waals surface area contributed by atoms with Crippen LogP contribution in [0.3, 0.4) is 0 Å². The molecule has 1 aromatic carbocycles. The lowest BCUT2D eigenvalue weighted by Gasteiger charge is -2.24. The molecular weight excluding hydrogens is 216 g/mol. The molecule has 3 nitrogen and oxygen atoms in total. The number of carbonyl (C=O) groups is 1. The Morgan fingerprint density at radius 1 is 1.35 bits per heavy atom. The summed E-state index contributed by atoms with van der Waals surface area (Å²) in [5.74, 6) is -0.712. The van der Waals surface area contributed by atoms with E-state index < -0.39 is 11.9 Å². The van der Waals surface area contributed by atoms with Gasteiger partial charge in [0, 0.05) is 5.56 Å². The summed E-state index contributed by atoms with van der Waals surface area (Å²) >= 11 is 0. The molecule has 1 atom stereocenters. The summed E-state index contributed by atoms with van der Waals surface area (Å²) in [5.41, 5.74) is 1.69. The highest BCUT2D eigenvalue weighted by Gasteiger charge is 2.25. The number of para-hydroxylation sites is 1. The molecule has 1 aromatic rings. The molecule has 0 saturated heterocycles. The second-order valence-electron chi connectivity index (χ2n) is 5.24. The van der Waals surface area contributed by atoms with Crippen molar-refractivity contribution in [3.8, 4) is 5.75 Å². The van der Waals surface area contributed by atoms with E-state index in [1.165, 1.54) is 0 Å². The highest BCUT2D eigenvalue weighted by molar-refractivity contribution is 5.77. The first-order chi connectivity index (χ1) is 7.79. The molecule has 0 fully saturated rings. The second-order valence-corrected chi connectivity index (χ2v) is 5.24. The standard InChI is InChI=1S/C14H20O3/c1-9(13(15)16)10-7-6-8-11(12(10)17-5)14(2,3)4/h6-9H,1-5H3,(H,15,16). The minimum Gasteiger partial charge on any atom is -0.496 e. The lowest BCUT2D eigenvalue weighted by atomic mass is 9.83. The third-order valence-electron chi connectivity index (χ3n) is 2.89. The van der Waals surface area contributed by atoms with Crippen LogP contribution in [0, 0.1) is 0 Å². The van der Waals surface area contributed by atoms with Gasteiger partial charge in [-0.15, -0.1) is 0 Å². The van der Waals surface area contributed by atoms with Crippen LogP contribution in [0.5, 0.6) is 5.75 Å². The van der Waals surface area contributed by atoms with Gasteiger partial charge in [0.1, 0.15) is 5.75 Å². The first-order valence-electron chi connectivity index (χ1n) is 5.69. The molecule has 0 aliphatic rings. The SMILES string of the molecule is COc1c(C(C)C(=O)O)cccc1C(C)(C)C. The lowest BCUT2D eigenvalue weighted by Crippen LogP contribution is -2.16. The van der Waals surface area contributed by atoms with Gasteiger partial charge < -0.3 is 9.84 Å². The molecule has 0 amide bonds. The predicted molar refractivity (Wildman–Crippen MR) is 67.7 cm³/mol. The van der Waals surface area contributed by atoms with Crippen molar-refractivity contribution in [3.05, 3.63) is 29.3 Å². The van der Waals surface area contributed by atoms with Crippen LogP contribution in [0.1, 0.15) is 44.7 Å². The number of carboxylic acid groups (broad SMARTS) is 1. The third kappa shape index (κ3) is 2.78. The van der Waals surface area contributed by atoms with Gasteiger partial charge in [0.05, 0.1) is 13.0 Å². The Morgan fingerprint density at radius 3 is 2.35 bits per heavy atom. The van der Waals surface area contributed by atoms with Crippen molar-refractivity contribution < 1.29 is 14.6 Å².